The van der Waals surface area contributed by atoms with E-state index in [4.69, 9.17) is 10.2 Å². The molecule has 1 aliphatic heterocycles. The molecule has 0 radical (unpaired) electrons. The molecule has 1 aromatic heterocycles. The molecular formula is C11H12BrN3O5S. The molecule has 1 aliphatic rings. The lowest BCUT2D eigenvalue weighted by atomic mass is 10.1. The van der Waals surface area contributed by atoms with Gasteiger partial charge in [-0.25, -0.2) is 23.3 Å². The number of nitrogens with two attached hydrogens (primary N) is 1. The first-order chi connectivity index (χ1) is 9.67. The second-order valence-electron chi connectivity index (χ2n) is 4.71. The van der Waals surface area contributed by atoms with Crippen LogP contribution in [0.3, 0.4) is 0 Å². The Morgan fingerprint density at radius 3 is 2.76 bits per heavy atom. The molecule has 1 unspecified atom stereocenters. The Labute approximate surface area is 129 Å². The van der Waals surface area contributed by atoms with E-state index in [-0.39, 0.29) is 36.1 Å². The fourth-order valence-corrected chi connectivity index (χ4v) is 3.45. The first-order valence-corrected chi connectivity index (χ1v) is 8.39. The summed E-state index contributed by atoms with van der Waals surface area (Å²) in [6.45, 7) is 0.142. The number of rotatable bonds is 4. The van der Waals surface area contributed by atoms with Gasteiger partial charge in [0.15, 0.2) is 5.69 Å². The monoisotopic (exact) mass is 377 g/mol. The summed E-state index contributed by atoms with van der Waals surface area (Å²) in [6.07, 6.45) is 0.0383. The van der Waals surface area contributed by atoms with Gasteiger partial charge < -0.3 is 5.11 Å². The molecule has 0 saturated carbocycles. The predicted molar refractivity (Wildman–Crippen MR) is 77.3 cm³/mol. The first kappa shape index (κ1) is 15.9. The number of aromatic nitrogens is 1. The number of carbonyl (C=O) groups excluding carboxylic acids is 1. The third kappa shape index (κ3) is 3.77. The Kier molecular flexibility index (Phi) is 4.30. The molecule has 1 amide bonds. The van der Waals surface area contributed by atoms with Crippen molar-refractivity contribution in [2.75, 3.05) is 17.2 Å². The van der Waals surface area contributed by atoms with E-state index in [1.165, 1.54) is 17.0 Å². The summed E-state index contributed by atoms with van der Waals surface area (Å²) in [5, 5.41) is 14.0. The molecule has 3 N–H and O–H groups in total. The highest BCUT2D eigenvalue weighted by atomic mass is 79.9. The van der Waals surface area contributed by atoms with Gasteiger partial charge >= 0.3 is 5.97 Å². The molecular weight excluding hydrogens is 366 g/mol. The fourth-order valence-electron chi connectivity index (χ4n) is 2.18. The van der Waals surface area contributed by atoms with E-state index in [1.807, 2.05) is 0 Å². The third-order valence-electron chi connectivity index (χ3n) is 2.98. The molecule has 10 heteroatoms. The largest absolute Gasteiger partial charge is 0.476 e. The Morgan fingerprint density at radius 2 is 2.19 bits per heavy atom. The molecule has 0 spiro atoms. The molecule has 0 aliphatic carbocycles. The molecule has 2 heterocycles. The molecule has 1 aromatic rings. The number of sulfonamides is 1. The van der Waals surface area contributed by atoms with Crippen molar-refractivity contribution in [1.29, 1.82) is 0 Å². The molecule has 21 heavy (non-hydrogen) atoms. The van der Waals surface area contributed by atoms with Crippen LogP contribution in [-0.2, 0) is 14.8 Å². The van der Waals surface area contributed by atoms with Crippen molar-refractivity contribution in [3.05, 3.63) is 22.3 Å². The molecule has 114 valence electrons. The Morgan fingerprint density at radius 1 is 1.52 bits per heavy atom. The topological polar surface area (TPSA) is 131 Å². The summed E-state index contributed by atoms with van der Waals surface area (Å²) in [5.74, 6) is -2.08. The van der Waals surface area contributed by atoms with Crippen LogP contribution in [0.25, 0.3) is 0 Å². The van der Waals surface area contributed by atoms with E-state index < -0.39 is 21.9 Å². The van der Waals surface area contributed by atoms with Crippen molar-refractivity contribution in [1.82, 2.24) is 4.98 Å². The maximum atomic E-state index is 11.9. The van der Waals surface area contributed by atoms with E-state index in [1.54, 1.807) is 0 Å². The van der Waals surface area contributed by atoms with Gasteiger partial charge in [0, 0.05) is 18.9 Å². The van der Waals surface area contributed by atoms with Gasteiger partial charge in [-0.2, -0.15) is 0 Å². The van der Waals surface area contributed by atoms with E-state index in [0.29, 0.717) is 4.47 Å². The fraction of sp³-hybridized carbons (Fsp3) is 0.364. The number of carboxylic acids is 1. The summed E-state index contributed by atoms with van der Waals surface area (Å²) >= 11 is 3.06. The number of amides is 1. The maximum Gasteiger partial charge on any atom is 0.355 e. The normalized spacial score (nSPS) is 19.0. The summed E-state index contributed by atoms with van der Waals surface area (Å²) < 4.78 is 22.4. The minimum atomic E-state index is -3.67. The number of primary sulfonamides is 1. The molecule has 0 bridgehead atoms. The number of hydrogen-bond donors (Lipinski definition) is 2. The van der Waals surface area contributed by atoms with Gasteiger partial charge in [-0.15, -0.1) is 0 Å². The van der Waals surface area contributed by atoms with E-state index in [9.17, 15) is 18.0 Å². The van der Waals surface area contributed by atoms with Crippen LogP contribution in [0.2, 0.25) is 0 Å². The number of hydrogen-bond acceptors (Lipinski definition) is 5. The number of anilines is 1. The van der Waals surface area contributed by atoms with Crippen molar-refractivity contribution in [3.63, 3.8) is 0 Å². The number of carboxylic acid groups (broad SMARTS) is 1. The number of nitrogens with zero attached hydrogens (tertiary/aromatic N) is 2. The van der Waals surface area contributed by atoms with Gasteiger partial charge in [0.1, 0.15) is 5.82 Å². The minimum Gasteiger partial charge on any atom is -0.476 e. The predicted octanol–water partition coefficient (Wildman–Crippen LogP) is 0.184. The molecule has 2 rings (SSSR count). The van der Waals surface area contributed by atoms with Gasteiger partial charge in [-0.3, -0.25) is 9.69 Å². The average molecular weight is 378 g/mol. The summed E-state index contributed by atoms with van der Waals surface area (Å²) in [6, 6.07) is 2.97. The van der Waals surface area contributed by atoms with Crippen LogP contribution in [0.4, 0.5) is 5.82 Å². The number of aromatic carboxylic acids is 1. The van der Waals surface area contributed by atoms with Crippen molar-refractivity contribution in [3.8, 4) is 0 Å². The van der Waals surface area contributed by atoms with Crippen LogP contribution in [0.1, 0.15) is 16.9 Å². The van der Waals surface area contributed by atoms with Crippen molar-refractivity contribution in [2.24, 2.45) is 11.1 Å². The molecule has 1 saturated heterocycles. The summed E-state index contributed by atoms with van der Waals surface area (Å²) in [5.41, 5.74) is -0.213. The standard InChI is InChI=1S/C11H12BrN3O5S/c12-7-1-2-8(14-10(7)11(17)18)15-4-6(3-9(15)16)5-21(13,19)20/h1-2,6H,3-5H2,(H,17,18)(H2,13,19,20). The third-order valence-corrected chi connectivity index (χ3v) is 4.56. The molecule has 8 nitrogen and oxygen atoms in total. The Bertz CT molecular complexity index is 706. The van der Waals surface area contributed by atoms with Crippen LogP contribution in [-0.4, -0.2) is 42.7 Å². The van der Waals surface area contributed by atoms with Crippen molar-refractivity contribution in [2.45, 2.75) is 6.42 Å². The summed E-state index contributed by atoms with van der Waals surface area (Å²) in [7, 11) is -3.67. The highest BCUT2D eigenvalue weighted by Gasteiger charge is 2.33. The van der Waals surface area contributed by atoms with E-state index in [2.05, 4.69) is 20.9 Å². The van der Waals surface area contributed by atoms with Crippen LogP contribution in [0.15, 0.2) is 16.6 Å². The SMILES string of the molecule is NS(=O)(=O)CC1CC(=O)N(c2ccc(Br)c(C(=O)O)n2)C1. The van der Waals surface area contributed by atoms with Gasteiger partial charge in [-0.05, 0) is 28.1 Å². The maximum absolute atomic E-state index is 11.9. The van der Waals surface area contributed by atoms with Crippen LogP contribution >= 0.6 is 15.9 Å². The number of carbonyl (C=O) groups is 2. The van der Waals surface area contributed by atoms with E-state index in [0.717, 1.165) is 0 Å². The van der Waals surface area contributed by atoms with Gasteiger partial charge in [0.25, 0.3) is 0 Å². The molecule has 1 fully saturated rings. The Hall–Kier alpha value is -1.52. The zero-order chi connectivity index (χ0) is 15.8. The first-order valence-electron chi connectivity index (χ1n) is 5.88. The van der Waals surface area contributed by atoms with Gasteiger partial charge in [-0.1, -0.05) is 0 Å². The lowest BCUT2D eigenvalue weighted by molar-refractivity contribution is -0.117. The van der Waals surface area contributed by atoms with Gasteiger partial charge in [0.2, 0.25) is 15.9 Å². The lowest BCUT2D eigenvalue weighted by Gasteiger charge is -2.16. The van der Waals surface area contributed by atoms with Crippen molar-refractivity contribution >= 4 is 43.6 Å². The average Bonchev–Trinajstić information content (AvgIpc) is 2.68. The summed E-state index contributed by atoms with van der Waals surface area (Å²) in [4.78, 5) is 28.1. The smallest absolute Gasteiger partial charge is 0.355 e. The molecule has 0 aromatic carbocycles. The lowest BCUT2D eigenvalue weighted by Crippen LogP contribution is -2.28. The number of pyridine rings is 1. The molecule has 1 atom stereocenters. The number of halogens is 1. The van der Waals surface area contributed by atoms with Crippen LogP contribution < -0.4 is 10.0 Å². The highest BCUT2D eigenvalue weighted by molar-refractivity contribution is 9.10. The van der Waals surface area contributed by atoms with Crippen molar-refractivity contribution < 1.29 is 23.1 Å². The van der Waals surface area contributed by atoms with Crippen LogP contribution in [0, 0.1) is 5.92 Å². The van der Waals surface area contributed by atoms with Crippen LogP contribution in [0.5, 0.6) is 0 Å². The zero-order valence-corrected chi connectivity index (χ0v) is 13.1. The van der Waals surface area contributed by atoms with E-state index >= 15 is 0 Å². The minimum absolute atomic E-state index is 0.0383. The Balaban J connectivity index is 2.25. The zero-order valence-electron chi connectivity index (χ0n) is 10.7. The van der Waals surface area contributed by atoms with Gasteiger partial charge in [0.05, 0.1) is 10.2 Å². The quantitative estimate of drug-likeness (QED) is 0.769. The second kappa shape index (κ2) is 5.70. The second-order valence-corrected chi connectivity index (χ2v) is 7.22. The highest BCUT2D eigenvalue weighted by Crippen LogP contribution is 2.26.